The first-order valence-electron chi connectivity index (χ1n) is 8.33. The quantitative estimate of drug-likeness (QED) is 0.552. The lowest BCUT2D eigenvalue weighted by atomic mass is 10.2. The average molecular weight is 402 g/mol. The van der Waals surface area contributed by atoms with E-state index in [4.69, 9.17) is 0 Å². The highest BCUT2D eigenvalue weighted by molar-refractivity contribution is 7.15. The Morgan fingerprint density at radius 1 is 1.07 bits per heavy atom. The zero-order valence-corrected chi connectivity index (χ0v) is 15.1. The number of nitrogens with zero attached hydrogens (tertiary/aromatic N) is 3. The van der Waals surface area contributed by atoms with Crippen LogP contribution in [0.2, 0.25) is 0 Å². The van der Waals surface area contributed by atoms with Gasteiger partial charge < -0.3 is 5.32 Å². The second-order valence-electron chi connectivity index (χ2n) is 6.00. The summed E-state index contributed by atoms with van der Waals surface area (Å²) >= 11 is 1.40. The number of fused-ring (bicyclic) bond motifs is 1. The second-order valence-corrected chi connectivity index (χ2v) is 6.84. The number of hydrogen-bond donors (Lipinski definition) is 1. The van der Waals surface area contributed by atoms with Gasteiger partial charge in [-0.05, 0) is 42.5 Å². The van der Waals surface area contributed by atoms with Crippen molar-refractivity contribution in [3.05, 3.63) is 76.6 Å². The largest absolute Gasteiger partial charge is 0.352 e. The van der Waals surface area contributed by atoms with Gasteiger partial charge in [0.25, 0.3) is 5.91 Å². The summed E-state index contributed by atoms with van der Waals surface area (Å²) in [6, 6.07) is 8.91. The SMILES string of the molecule is O=C(NCCc1csc2nc(-c3ccc(F)cc3)nn12)c1ccc(F)c(F)c1. The van der Waals surface area contributed by atoms with Gasteiger partial charge in [0.05, 0.1) is 5.69 Å². The average Bonchev–Trinajstić information content (AvgIpc) is 3.26. The van der Waals surface area contributed by atoms with E-state index in [1.807, 2.05) is 5.38 Å². The number of amides is 1. The van der Waals surface area contributed by atoms with Crippen molar-refractivity contribution in [2.45, 2.75) is 6.42 Å². The number of rotatable bonds is 5. The molecule has 0 aliphatic carbocycles. The van der Waals surface area contributed by atoms with Gasteiger partial charge >= 0.3 is 0 Å². The Hall–Kier alpha value is -3.20. The number of thiazole rings is 1. The van der Waals surface area contributed by atoms with Crippen LogP contribution >= 0.6 is 11.3 Å². The predicted molar refractivity (Wildman–Crippen MR) is 98.7 cm³/mol. The van der Waals surface area contributed by atoms with Gasteiger partial charge in [-0.25, -0.2) is 17.7 Å². The molecule has 1 amide bonds. The number of benzene rings is 2. The van der Waals surface area contributed by atoms with Crippen LogP contribution < -0.4 is 5.32 Å². The maximum atomic E-state index is 13.2. The van der Waals surface area contributed by atoms with Crippen LogP contribution in [0.25, 0.3) is 16.3 Å². The van der Waals surface area contributed by atoms with E-state index in [0.29, 0.717) is 22.8 Å². The first-order chi connectivity index (χ1) is 13.5. The molecule has 4 rings (SSSR count). The van der Waals surface area contributed by atoms with Gasteiger partial charge in [-0.3, -0.25) is 4.79 Å². The smallest absolute Gasteiger partial charge is 0.251 e. The van der Waals surface area contributed by atoms with Crippen molar-refractivity contribution in [3.8, 4) is 11.4 Å². The van der Waals surface area contributed by atoms with E-state index in [1.54, 1.807) is 16.6 Å². The highest BCUT2D eigenvalue weighted by atomic mass is 32.1. The summed E-state index contributed by atoms with van der Waals surface area (Å²) in [5.74, 6) is -2.40. The predicted octanol–water partition coefficient (Wildman–Crippen LogP) is 3.85. The second kappa shape index (κ2) is 7.43. The van der Waals surface area contributed by atoms with Crippen LogP contribution in [0.1, 0.15) is 16.1 Å². The van der Waals surface area contributed by atoms with Gasteiger partial charge in [-0.1, -0.05) is 0 Å². The topological polar surface area (TPSA) is 59.3 Å². The third-order valence-corrected chi connectivity index (χ3v) is 4.97. The summed E-state index contributed by atoms with van der Waals surface area (Å²) in [4.78, 5) is 17.2. The van der Waals surface area contributed by atoms with E-state index in [2.05, 4.69) is 15.4 Å². The molecular formula is C19H13F3N4OS. The van der Waals surface area contributed by atoms with Gasteiger partial charge in [0.2, 0.25) is 4.96 Å². The molecule has 1 N–H and O–H groups in total. The number of aromatic nitrogens is 3. The molecule has 28 heavy (non-hydrogen) atoms. The van der Waals surface area contributed by atoms with Gasteiger partial charge in [-0.15, -0.1) is 16.4 Å². The van der Waals surface area contributed by atoms with E-state index < -0.39 is 17.5 Å². The van der Waals surface area contributed by atoms with Crippen molar-refractivity contribution in [1.29, 1.82) is 0 Å². The molecule has 0 spiro atoms. The first kappa shape index (κ1) is 18.2. The number of carbonyl (C=O) groups excluding carboxylic acids is 1. The molecule has 0 bridgehead atoms. The molecule has 0 atom stereocenters. The molecule has 0 radical (unpaired) electrons. The van der Waals surface area contributed by atoms with Crippen LogP contribution in [0, 0.1) is 17.5 Å². The molecule has 5 nitrogen and oxygen atoms in total. The van der Waals surface area contributed by atoms with E-state index in [0.717, 1.165) is 17.8 Å². The van der Waals surface area contributed by atoms with Crippen molar-refractivity contribution >= 4 is 22.2 Å². The third-order valence-electron chi connectivity index (χ3n) is 4.10. The minimum absolute atomic E-state index is 0.0497. The highest BCUT2D eigenvalue weighted by Crippen LogP contribution is 2.21. The van der Waals surface area contributed by atoms with Crippen molar-refractivity contribution in [1.82, 2.24) is 19.9 Å². The standard InChI is InChI=1S/C19H13F3N4OS/c20-13-4-1-11(2-5-13)17-24-19-26(25-17)14(10-28-19)7-8-23-18(27)12-3-6-15(21)16(22)9-12/h1-6,9-10H,7-8H2,(H,23,27). The Bertz CT molecular complexity index is 1150. The van der Waals surface area contributed by atoms with Crippen LogP contribution in [0.3, 0.4) is 0 Å². The van der Waals surface area contributed by atoms with Crippen LogP contribution in [0.15, 0.2) is 47.8 Å². The summed E-state index contributed by atoms with van der Waals surface area (Å²) < 4.78 is 40.9. The highest BCUT2D eigenvalue weighted by Gasteiger charge is 2.13. The summed E-state index contributed by atoms with van der Waals surface area (Å²) in [7, 11) is 0. The van der Waals surface area contributed by atoms with Gasteiger partial charge in [0.1, 0.15) is 5.82 Å². The summed E-state index contributed by atoms with van der Waals surface area (Å²) in [6.07, 6.45) is 0.474. The molecule has 9 heteroatoms. The molecule has 0 saturated heterocycles. The lowest BCUT2D eigenvalue weighted by molar-refractivity contribution is 0.0953. The number of hydrogen-bond acceptors (Lipinski definition) is 4. The van der Waals surface area contributed by atoms with E-state index >= 15 is 0 Å². The summed E-state index contributed by atoms with van der Waals surface area (Å²) in [5, 5.41) is 8.99. The van der Waals surface area contributed by atoms with Crippen molar-refractivity contribution < 1.29 is 18.0 Å². The minimum atomic E-state index is -1.07. The van der Waals surface area contributed by atoms with Crippen LogP contribution in [0.5, 0.6) is 0 Å². The number of halogens is 3. The Kier molecular flexibility index (Phi) is 4.82. The van der Waals surface area contributed by atoms with E-state index in [1.165, 1.54) is 29.5 Å². The Labute approximate surface area is 161 Å². The zero-order chi connectivity index (χ0) is 19.7. The molecular weight excluding hydrogens is 389 g/mol. The maximum absolute atomic E-state index is 13.2. The molecule has 142 valence electrons. The molecule has 4 aromatic rings. The fraction of sp³-hybridized carbons (Fsp3) is 0.105. The van der Waals surface area contributed by atoms with Gasteiger partial charge in [0.15, 0.2) is 17.5 Å². The van der Waals surface area contributed by atoms with Gasteiger partial charge in [-0.2, -0.15) is 4.98 Å². The maximum Gasteiger partial charge on any atom is 0.251 e. The molecule has 2 aromatic heterocycles. The Balaban J connectivity index is 1.44. The molecule has 2 heterocycles. The van der Waals surface area contributed by atoms with Crippen LogP contribution in [0.4, 0.5) is 13.2 Å². The first-order valence-corrected chi connectivity index (χ1v) is 9.21. The summed E-state index contributed by atoms with van der Waals surface area (Å²) in [6.45, 7) is 0.287. The third kappa shape index (κ3) is 3.61. The van der Waals surface area contributed by atoms with Crippen LogP contribution in [-0.4, -0.2) is 27.0 Å². The van der Waals surface area contributed by atoms with E-state index in [-0.39, 0.29) is 17.9 Å². The zero-order valence-electron chi connectivity index (χ0n) is 14.3. The summed E-state index contributed by atoms with van der Waals surface area (Å²) in [5.41, 5.74) is 1.59. The molecule has 0 aliphatic heterocycles. The van der Waals surface area contributed by atoms with Crippen molar-refractivity contribution in [2.24, 2.45) is 0 Å². The normalized spacial score (nSPS) is 11.1. The van der Waals surface area contributed by atoms with Gasteiger partial charge in [0, 0.05) is 29.5 Å². The fourth-order valence-electron chi connectivity index (χ4n) is 2.66. The Morgan fingerprint density at radius 3 is 2.61 bits per heavy atom. The lowest BCUT2D eigenvalue weighted by Crippen LogP contribution is -2.26. The molecule has 0 aliphatic rings. The lowest BCUT2D eigenvalue weighted by Gasteiger charge is -2.05. The monoisotopic (exact) mass is 402 g/mol. The number of nitrogens with one attached hydrogen (secondary N) is 1. The number of carbonyl (C=O) groups is 1. The van der Waals surface area contributed by atoms with Crippen molar-refractivity contribution in [3.63, 3.8) is 0 Å². The molecule has 0 fully saturated rings. The van der Waals surface area contributed by atoms with Crippen molar-refractivity contribution in [2.75, 3.05) is 6.54 Å². The molecule has 0 unspecified atom stereocenters. The van der Waals surface area contributed by atoms with Crippen LogP contribution in [-0.2, 0) is 6.42 Å². The fourth-order valence-corrected chi connectivity index (χ4v) is 3.52. The Morgan fingerprint density at radius 2 is 1.86 bits per heavy atom. The molecule has 0 saturated carbocycles. The molecule has 2 aromatic carbocycles. The van der Waals surface area contributed by atoms with E-state index in [9.17, 15) is 18.0 Å². The minimum Gasteiger partial charge on any atom is -0.352 e.